The standard InChI is InChI=1S/C21H31F3N4O2/c1-21(23,24)14-28(12-17(25)13-29)10-9-18-7-8-19(27(18)2)20(30)26-11-15-3-5-16(22)6-4-15/h3-6,13,17-19H,7-12,14,25H2,1-2H3,(H,26,30). The van der Waals surface area contributed by atoms with Gasteiger partial charge in [0, 0.05) is 26.1 Å². The number of rotatable bonds is 11. The number of likely N-dealkylation sites (N-methyl/N-ethyl adjacent to an activating group) is 1. The van der Waals surface area contributed by atoms with Crippen LogP contribution in [0, 0.1) is 5.82 Å². The Labute approximate surface area is 175 Å². The molecule has 2 rings (SSSR count). The summed E-state index contributed by atoms with van der Waals surface area (Å²) in [6, 6.07) is 4.92. The van der Waals surface area contributed by atoms with Crippen molar-refractivity contribution in [1.82, 2.24) is 15.1 Å². The summed E-state index contributed by atoms with van der Waals surface area (Å²) < 4.78 is 39.9. The van der Waals surface area contributed by atoms with Gasteiger partial charge in [-0.05, 0) is 50.6 Å². The predicted molar refractivity (Wildman–Crippen MR) is 109 cm³/mol. The molecule has 168 valence electrons. The van der Waals surface area contributed by atoms with Gasteiger partial charge in [0.25, 0.3) is 5.92 Å². The van der Waals surface area contributed by atoms with Crippen LogP contribution >= 0.6 is 0 Å². The number of hydrogen-bond donors (Lipinski definition) is 2. The Bertz CT molecular complexity index is 696. The number of carbonyl (C=O) groups excluding carboxylic acids is 2. The van der Waals surface area contributed by atoms with E-state index in [9.17, 15) is 22.8 Å². The molecule has 1 aliphatic rings. The molecule has 1 aromatic carbocycles. The third-order valence-corrected chi connectivity index (χ3v) is 5.45. The van der Waals surface area contributed by atoms with Crippen molar-refractivity contribution in [1.29, 1.82) is 0 Å². The molecule has 3 N–H and O–H groups in total. The van der Waals surface area contributed by atoms with Crippen molar-refractivity contribution in [2.24, 2.45) is 5.73 Å². The average Bonchev–Trinajstić information content (AvgIpc) is 3.04. The highest BCUT2D eigenvalue weighted by molar-refractivity contribution is 5.82. The zero-order chi connectivity index (χ0) is 22.3. The molecule has 1 saturated heterocycles. The molecule has 3 unspecified atom stereocenters. The van der Waals surface area contributed by atoms with Crippen LogP contribution in [0.3, 0.4) is 0 Å². The Morgan fingerprint density at radius 3 is 2.63 bits per heavy atom. The summed E-state index contributed by atoms with van der Waals surface area (Å²) >= 11 is 0. The topological polar surface area (TPSA) is 78.7 Å². The van der Waals surface area contributed by atoms with Gasteiger partial charge in [-0.15, -0.1) is 0 Å². The van der Waals surface area contributed by atoms with Crippen LogP contribution in [0.5, 0.6) is 0 Å². The first kappa shape index (κ1) is 24.3. The van der Waals surface area contributed by atoms with E-state index in [2.05, 4.69) is 5.32 Å². The molecular weight excluding hydrogens is 397 g/mol. The molecule has 1 heterocycles. The van der Waals surface area contributed by atoms with Crippen LogP contribution in [0.25, 0.3) is 0 Å². The van der Waals surface area contributed by atoms with Crippen LogP contribution in [-0.2, 0) is 16.1 Å². The van der Waals surface area contributed by atoms with Crippen LogP contribution in [0.1, 0.15) is 31.7 Å². The molecule has 1 amide bonds. The number of benzene rings is 1. The first-order chi connectivity index (χ1) is 14.1. The Morgan fingerprint density at radius 1 is 1.37 bits per heavy atom. The highest BCUT2D eigenvalue weighted by Crippen LogP contribution is 2.25. The maximum Gasteiger partial charge on any atom is 0.257 e. The van der Waals surface area contributed by atoms with Gasteiger partial charge < -0.3 is 15.8 Å². The molecule has 1 aliphatic heterocycles. The van der Waals surface area contributed by atoms with E-state index in [4.69, 9.17) is 5.73 Å². The highest BCUT2D eigenvalue weighted by atomic mass is 19.3. The Hall–Kier alpha value is -1.97. The van der Waals surface area contributed by atoms with Crippen molar-refractivity contribution in [3.63, 3.8) is 0 Å². The number of amides is 1. The predicted octanol–water partition coefficient (Wildman–Crippen LogP) is 1.78. The van der Waals surface area contributed by atoms with E-state index < -0.39 is 18.5 Å². The molecule has 0 radical (unpaired) electrons. The van der Waals surface area contributed by atoms with Gasteiger partial charge in [0.1, 0.15) is 12.1 Å². The van der Waals surface area contributed by atoms with Crippen LogP contribution in [-0.4, -0.2) is 72.7 Å². The fourth-order valence-corrected chi connectivity index (χ4v) is 3.89. The Kier molecular flexibility index (Phi) is 8.81. The molecule has 0 bridgehead atoms. The number of halogens is 3. The van der Waals surface area contributed by atoms with E-state index in [1.807, 2.05) is 11.9 Å². The number of aldehydes is 1. The Balaban J connectivity index is 1.85. The minimum atomic E-state index is -2.88. The summed E-state index contributed by atoms with van der Waals surface area (Å²) in [5.74, 6) is -3.32. The molecule has 0 aromatic heterocycles. The lowest BCUT2D eigenvalue weighted by Gasteiger charge is -2.30. The van der Waals surface area contributed by atoms with Crippen molar-refractivity contribution < 1.29 is 22.8 Å². The number of alkyl halides is 2. The first-order valence-electron chi connectivity index (χ1n) is 10.1. The lowest BCUT2D eigenvalue weighted by atomic mass is 10.1. The monoisotopic (exact) mass is 428 g/mol. The minimum absolute atomic E-state index is 0.0744. The summed E-state index contributed by atoms with van der Waals surface area (Å²) in [5, 5.41) is 2.87. The van der Waals surface area contributed by atoms with E-state index in [-0.39, 0.29) is 30.4 Å². The third-order valence-electron chi connectivity index (χ3n) is 5.45. The maximum absolute atomic E-state index is 13.5. The van der Waals surface area contributed by atoms with Crippen LogP contribution in [0.2, 0.25) is 0 Å². The zero-order valence-corrected chi connectivity index (χ0v) is 17.5. The molecule has 6 nitrogen and oxygen atoms in total. The second-order valence-electron chi connectivity index (χ2n) is 8.15. The lowest BCUT2D eigenvalue weighted by molar-refractivity contribution is -0.125. The number of likely N-dealkylation sites (tertiary alicyclic amines) is 1. The molecule has 0 aliphatic carbocycles. The molecule has 0 saturated carbocycles. The van der Waals surface area contributed by atoms with Crippen molar-refractivity contribution >= 4 is 12.2 Å². The largest absolute Gasteiger partial charge is 0.351 e. The summed E-state index contributed by atoms with van der Waals surface area (Å²) in [4.78, 5) is 26.8. The van der Waals surface area contributed by atoms with Crippen molar-refractivity contribution in [2.75, 3.05) is 26.7 Å². The summed E-state index contributed by atoms with van der Waals surface area (Å²) in [6.45, 7) is 1.13. The van der Waals surface area contributed by atoms with Crippen molar-refractivity contribution in [2.45, 2.75) is 56.8 Å². The molecule has 30 heavy (non-hydrogen) atoms. The molecule has 1 aromatic rings. The molecule has 0 spiro atoms. The smallest absolute Gasteiger partial charge is 0.257 e. The number of nitrogens with two attached hydrogens (primary N) is 1. The van der Waals surface area contributed by atoms with Gasteiger partial charge in [0.15, 0.2) is 0 Å². The van der Waals surface area contributed by atoms with Gasteiger partial charge in [-0.2, -0.15) is 0 Å². The summed E-state index contributed by atoms with van der Waals surface area (Å²) in [7, 11) is 1.86. The van der Waals surface area contributed by atoms with E-state index in [0.29, 0.717) is 32.2 Å². The molecule has 3 atom stereocenters. The van der Waals surface area contributed by atoms with Gasteiger partial charge >= 0.3 is 0 Å². The number of hydrogen-bond acceptors (Lipinski definition) is 5. The number of nitrogens with zero attached hydrogens (tertiary/aromatic N) is 2. The quantitative estimate of drug-likeness (QED) is 0.526. The fourth-order valence-electron chi connectivity index (χ4n) is 3.89. The molecular formula is C21H31F3N4O2. The van der Waals surface area contributed by atoms with Crippen molar-refractivity contribution in [3.8, 4) is 0 Å². The van der Waals surface area contributed by atoms with Gasteiger partial charge in [-0.3, -0.25) is 14.6 Å². The van der Waals surface area contributed by atoms with Gasteiger partial charge in [0.05, 0.1) is 18.6 Å². The summed E-state index contributed by atoms with van der Waals surface area (Å²) in [5.41, 5.74) is 6.43. The normalized spacial score (nSPS) is 21.0. The zero-order valence-electron chi connectivity index (χ0n) is 17.5. The second-order valence-corrected chi connectivity index (χ2v) is 8.15. The van der Waals surface area contributed by atoms with Crippen molar-refractivity contribution in [3.05, 3.63) is 35.6 Å². The van der Waals surface area contributed by atoms with Gasteiger partial charge in [-0.1, -0.05) is 12.1 Å². The number of carbonyl (C=O) groups is 2. The Morgan fingerprint density at radius 2 is 2.03 bits per heavy atom. The van der Waals surface area contributed by atoms with Crippen LogP contribution in [0.15, 0.2) is 24.3 Å². The average molecular weight is 428 g/mol. The summed E-state index contributed by atoms with van der Waals surface area (Å²) in [6.07, 6.45) is 2.61. The second kappa shape index (κ2) is 10.9. The van der Waals surface area contributed by atoms with E-state index in [0.717, 1.165) is 18.9 Å². The third kappa shape index (κ3) is 7.70. The highest BCUT2D eigenvalue weighted by Gasteiger charge is 2.35. The first-order valence-corrected chi connectivity index (χ1v) is 10.1. The van der Waals surface area contributed by atoms with E-state index >= 15 is 0 Å². The fraction of sp³-hybridized carbons (Fsp3) is 0.619. The number of nitrogens with one attached hydrogen (secondary N) is 1. The minimum Gasteiger partial charge on any atom is -0.351 e. The SMILES string of the molecule is CN1C(CCN(CC(N)C=O)CC(C)(F)F)CCC1C(=O)NCc1ccc(F)cc1. The maximum atomic E-state index is 13.5. The molecule has 9 heteroatoms. The van der Waals surface area contributed by atoms with Gasteiger partial charge in [0.2, 0.25) is 5.91 Å². The van der Waals surface area contributed by atoms with Crippen LogP contribution in [0.4, 0.5) is 13.2 Å². The van der Waals surface area contributed by atoms with E-state index in [1.54, 1.807) is 12.1 Å². The van der Waals surface area contributed by atoms with E-state index in [1.165, 1.54) is 17.0 Å². The lowest BCUT2D eigenvalue weighted by Crippen LogP contribution is -2.46. The van der Waals surface area contributed by atoms with Crippen LogP contribution < -0.4 is 11.1 Å². The van der Waals surface area contributed by atoms with Gasteiger partial charge in [-0.25, -0.2) is 13.2 Å². The molecule has 1 fully saturated rings.